The highest BCUT2D eigenvalue weighted by atomic mass is 79.9. The van der Waals surface area contributed by atoms with E-state index in [1.807, 2.05) is 18.2 Å². The Morgan fingerprint density at radius 2 is 2.19 bits per heavy atom. The van der Waals surface area contributed by atoms with Gasteiger partial charge >= 0.3 is 0 Å². The molecule has 0 radical (unpaired) electrons. The molecular formula is C12H18BrNO2. The average Bonchev–Trinajstić information content (AvgIpc) is 2.25. The van der Waals surface area contributed by atoms with Gasteiger partial charge in [0, 0.05) is 28.9 Å². The summed E-state index contributed by atoms with van der Waals surface area (Å²) in [6.07, 6.45) is 1.77. The molecule has 0 amide bonds. The highest BCUT2D eigenvalue weighted by Gasteiger charge is 2.04. The van der Waals surface area contributed by atoms with Crippen molar-refractivity contribution in [2.45, 2.75) is 25.8 Å². The molecule has 0 saturated heterocycles. The number of methoxy groups -OCH3 is 1. The predicted octanol–water partition coefficient (Wildman–Crippen LogP) is 3.03. The number of aliphatic hydroxyl groups is 1. The number of hydrogen-bond donors (Lipinski definition) is 2. The largest absolute Gasteiger partial charge is 0.497 e. The number of halogens is 1. The van der Waals surface area contributed by atoms with E-state index in [9.17, 15) is 0 Å². The highest BCUT2D eigenvalue weighted by molar-refractivity contribution is 9.10. The second-order valence-corrected chi connectivity index (χ2v) is 4.71. The van der Waals surface area contributed by atoms with Crippen LogP contribution in [0.15, 0.2) is 22.7 Å². The molecule has 4 heteroatoms. The number of anilines is 1. The van der Waals surface area contributed by atoms with Crippen LogP contribution in [0.1, 0.15) is 19.8 Å². The quantitative estimate of drug-likeness (QED) is 0.845. The molecule has 90 valence electrons. The lowest BCUT2D eigenvalue weighted by Gasteiger charge is -2.15. The van der Waals surface area contributed by atoms with Gasteiger partial charge in [0.15, 0.2) is 0 Å². The zero-order chi connectivity index (χ0) is 12.0. The molecule has 0 aliphatic rings. The maximum absolute atomic E-state index is 8.75. The summed E-state index contributed by atoms with van der Waals surface area (Å²) in [6, 6.07) is 6.23. The Bertz CT molecular complexity index is 331. The maximum atomic E-state index is 8.75. The van der Waals surface area contributed by atoms with Gasteiger partial charge in [0.25, 0.3) is 0 Å². The van der Waals surface area contributed by atoms with E-state index in [1.54, 1.807) is 7.11 Å². The van der Waals surface area contributed by atoms with Crippen LogP contribution in [0, 0.1) is 0 Å². The van der Waals surface area contributed by atoms with E-state index in [-0.39, 0.29) is 6.61 Å². The molecule has 0 aliphatic carbocycles. The van der Waals surface area contributed by atoms with E-state index in [0.29, 0.717) is 6.04 Å². The molecular weight excluding hydrogens is 270 g/mol. The third-order valence-corrected chi connectivity index (χ3v) is 2.77. The Kier molecular flexibility index (Phi) is 5.63. The smallest absolute Gasteiger partial charge is 0.122 e. The number of aliphatic hydroxyl groups excluding tert-OH is 1. The molecule has 0 spiro atoms. The van der Waals surface area contributed by atoms with Gasteiger partial charge in [-0.15, -0.1) is 0 Å². The Morgan fingerprint density at radius 1 is 1.44 bits per heavy atom. The lowest BCUT2D eigenvalue weighted by atomic mass is 10.2. The first kappa shape index (κ1) is 13.3. The molecule has 1 rings (SSSR count). The maximum Gasteiger partial charge on any atom is 0.122 e. The van der Waals surface area contributed by atoms with Gasteiger partial charge in [0.2, 0.25) is 0 Å². The van der Waals surface area contributed by atoms with Gasteiger partial charge in [-0.25, -0.2) is 0 Å². The fourth-order valence-electron chi connectivity index (χ4n) is 1.52. The molecule has 1 aromatic carbocycles. The Balaban J connectivity index is 2.61. The van der Waals surface area contributed by atoms with Crippen LogP contribution >= 0.6 is 15.9 Å². The summed E-state index contributed by atoms with van der Waals surface area (Å²) in [5, 5.41) is 12.1. The van der Waals surface area contributed by atoms with E-state index in [4.69, 9.17) is 9.84 Å². The van der Waals surface area contributed by atoms with Crippen molar-refractivity contribution in [1.82, 2.24) is 0 Å². The predicted molar refractivity (Wildman–Crippen MR) is 70.1 cm³/mol. The average molecular weight is 288 g/mol. The molecule has 0 aromatic heterocycles. The Morgan fingerprint density at radius 3 is 2.81 bits per heavy atom. The van der Waals surface area contributed by atoms with Crippen molar-refractivity contribution in [3.63, 3.8) is 0 Å². The zero-order valence-corrected chi connectivity index (χ0v) is 11.3. The molecule has 0 aliphatic heterocycles. The molecule has 16 heavy (non-hydrogen) atoms. The Labute approximate surface area is 105 Å². The lowest BCUT2D eigenvalue weighted by Crippen LogP contribution is -2.15. The number of hydrogen-bond acceptors (Lipinski definition) is 3. The number of ether oxygens (including phenoxy) is 1. The van der Waals surface area contributed by atoms with Crippen molar-refractivity contribution in [2.24, 2.45) is 0 Å². The van der Waals surface area contributed by atoms with E-state index in [1.165, 1.54) is 0 Å². The summed E-state index contributed by atoms with van der Waals surface area (Å²) in [7, 11) is 1.65. The minimum atomic E-state index is 0.244. The van der Waals surface area contributed by atoms with Gasteiger partial charge in [-0.1, -0.05) is 15.9 Å². The van der Waals surface area contributed by atoms with E-state index in [2.05, 4.69) is 28.2 Å². The van der Waals surface area contributed by atoms with Gasteiger partial charge in [0.05, 0.1) is 7.11 Å². The molecule has 3 nitrogen and oxygen atoms in total. The summed E-state index contributed by atoms with van der Waals surface area (Å²) in [6.45, 7) is 2.34. The third-order valence-electron chi connectivity index (χ3n) is 2.32. The van der Waals surface area contributed by atoms with Crippen molar-refractivity contribution in [3.8, 4) is 5.75 Å². The monoisotopic (exact) mass is 287 g/mol. The van der Waals surface area contributed by atoms with E-state index >= 15 is 0 Å². The molecule has 1 atom stereocenters. The highest BCUT2D eigenvalue weighted by Crippen LogP contribution is 2.25. The van der Waals surface area contributed by atoms with Gasteiger partial charge in [-0.05, 0) is 31.9 Å². The normalized spacial score (nSPS) is 12.2. The van der Waals surface area contributed by atoms with Crippen LogP contribution in [-0.2, 0) is 0 Å². The van der Waals surface area contributed by atoms with Crippen molar-refractivity contribution in [1.29, 1.82) is 0 Å². The first-order valence-electron chi connectivity index (χ1n) is 5.37. The summed E-state index contributed by atoms with van der Waals surface area (Å²) in [5.74, 6) is 0.825. The van der Waals surface area contributed by atoms with Gasteiger partial charge in [-0.3, -0.25) is 0 Å². The number of rotatable bonds is 6. The second-order valence-electron chi connectivity index (χ2n) is 3.79. The topological polar surface area (TPSA) is 41.5 Å². The summed E-state index contributed by atoms with van der Waals surface area (Å²) >= 11 is 3.44. The van der Waals surface area contributed by atoms with Crippen LogP contribution in [0.25, 0.3) is 0 Å². The summed E-state index contributed by atoms with van der Waals surface area (Å²) < 4.78 is 6.18. The first-order valence-corrected chi connectivity index (χ1v) is 6.17. The van der Waals surface area contributed by atoms with E-state index in [0.717, 1.165) is 28.8 Å². The zero-order valence-electron chi connectivity index (χ0n) is 9.66. The number of nitrogens with one attached hydrogen (secondary N) is 1. The van der Waals surface area contributed by atoms with Crippen LogP contribution in [0.4, 0.5) is 5.69 Å². The van der Waals surface area contributed by atoms with Crippen LogP contribution in [0.2, 0.25) is 0 Å². The van der Waals surface area contributed by atoms with Crippen LogP contribution < -0.4 is 10.1 Å². The molecule has 0 heterocycles. The third kappa shape index (κ3) is 4.41. The molecule has 0 saturated carbocycles. The minimum absolute atomic E-state index is 0.244. The van der Waals surface area contributed by atoms with Crippen LogP contribution in [-0.4, -0.2) is 24.9 Å². The fourth-order valence-corrected chi connectivity index (χ4v) is 1.99. The second kappa shape index (κ2) is 6.76. The van der Waals surface area contributed by atoms with Crippen molar-refractivity contribution in [2.75, 3.05) is 19.0 Å². The van der Waals surface area contributed by atoms with Gasteiger partial charge < -0.3 is 15.2 Å². The Hall–Kier alpha value is -0.740. The summed E-state index contributed by atoms with van der Waals surface area (Å²) in [5.41, 5.74) is 1.02. The fraction of sp³-hybridized carbons (Fsp3) is 0.500. The lowest BCUT2D eigenvalue weighted by molar-refractivity contribution is 0.282. The van der Waals surface area contributed by atoms with Gasteiger partial charge in [0.1, 0.15) is 5.75 Å². The molecule has 2 N–H and O–H groups in total. The number of benzene rings is 1. The first-order chi connectivity index (χ1) is 7.65. The van der Waals surface area contributed by atoms with Gasteiger partial charge in [-0.2, -0.15) is 0 Å². The molecule has 1 unspecified atom stereocenters. The van der Waals surface area contributed by atoms with Crippen LogP contribution in [0.3, 0.4) is 0 Å². The molecule has 0 bridgehead atoms. The molecule has 0 fully saturated rings. The van der Waals surface area contributed by atoms with Crippen molar-refractivity contribution in [3.05, 3.63) is 22.7 Å². The minimum Gasteiger partial charge on any atom is -0.497 e. The summed E-state index contributed by atoms with van der Waals surface area (Å²) in [4.78, 5) is 0. The van der Waals surface area contributed by atoms with Crippen molar-refractivity contribution < 1.29 is 9.84 Å². The standard InChI is InChI=1S/C12H18BrNO2/c1-9(4-3-5-15)14-11-6-10(13)7-12(8-11)16-2/h6-9,14-15H,3-5H2,1-2H3. The van der Waals surface area contributed by atoms with Crippen LogP contribution in [0.5, 0.6) is 5.75 Å². The van der Waals surface area contributed by atoms with Crippen molar-refractivity contribution >= 4 is 21.6 Å². The van der Waals surface area contributed by atoms with E-state index < -0.39 is 0 Å². The molecule has 1 aromatic rings. The SMILES string of the molecule is COc1cc(Br)cc(NC(C)CCCO)c1.